The summed E-state index contributed by atoms with van der Waals surface area (Å²) in [7, 11) is 0. The monoisotopic (exact) mass is 263 g/mol. The van der Waals surface area contributed by atoms with Gasteiger partial charge < -0.3 is 10.1 Å². The predicted octanol–water partition coefficient (Wildman–Crippen LogP) is 4.18. The van der Waals surface area contributed by atoms with E-state index in [9.17, 15) is 0 Å². The van der Waals surface area contributed by atoms with Crippen molar-refractivity contribution in [2.45, 2.75) is 46.6 Å². The second-order valence-electron chi connectivity index (χ2n) is 6.28. The topological polar surface area (TPSA) is 21.3 Å². The molecule has 1 aromatic rings. The number of hydrogen-bond acceptors (Lipinski definition) is 2. The SMILES string of the molecule is CCCNCC(OCCC(C)(C)C)c1ccccc1. The Morgan fingerprint density at radius 3 is 2.42 bits per heavy atom. The lowest BCUT2D eigenvalue weighted by Gasteiger charge is -2.23. The highest BCUT2D eigenvalue weighted by molar-refractivity contribution is 5.17. The minimum atomic E-state index is 0.162. The molecule has 1 unspecified atom stereocenters. The first-order chi connectivity index (χ1) is 9.03. The van der Waals surface area contributed by atoms with Gasteiger partial charge in [-0.1, -0.05) is 58.0 Å². The van der Waals surface area contributed by atoms with Crippen molar-refractivity contribution in [1.29, 1.82) is 0 Å². The average Bonchev–Trinajstić information content (AvgIpc) is 2.37. The molecule has 0 spiro atoms. The quantitative estimate of drug-likeness (QED) is 0.710. The molecule has 0 amide bonds. The highest BCUT2D eigenvalue weighted by atomic mass is 16.5. The Balaban J connectivity index is 2.50. The molecule has 0 radical (unpaired) electrons. The molecule has 108 valence electrons. The molecule has 0 fully saturated rings. The van der Waals surface area contributed by atoms with Crippen molar-refractivity contribution in [3.63, 3.8) is 0 Å². The van der Waals surface area contributed by atoms with Crippen molar-refractivity contribution in [3.8, 4) is 0 Å². The van der Waals surface area contributed by atoms with Gasteiger partial charge in [0.15, 0.2) is 0 Å². The third-order valence-corrected chi connectivity index (χ3v) is 3.10. The molecule has 0 saturated carbocycles. The zero-order valence-electron chi connectivity index (χ0n) is 12.9. The molecule has 0 heterocycles. The van der Waals surface area contributed by atoms with Crippen LogP contribution in [0, 0.1) is 5.41 Å². The van der Waals surface area contributed by atoms with Gasteiger partial charge in [0.25, 0.3) is 0 Å². The first-order valence-corrected chi connectivity index (χ1v) is 7.40. The van der Waals surface area contributed by atoms with Crippen molar-refractivity contribution in [1.82, 2.24) is 5.32 Å². The first kappa shape index (κ1) is 16.2. The van der Waals surface area contributed by atoms with E-state index in [1.807, 2.05) is 0 Å². The highest BCUT2D eigenvalue weighted by Gasteiger charge is 2.14. The summed E-state index contributed by atoms with van der Waals surface area (Å²) in [5, 5.41) is 3.46. The molecule has 1 aromatic carbocycles. The molecule has 0 saturated heterocycles. The van der Waals surface area contributed by atoms with E-state index in [0.717, 1.165) is 32.5 Å². The third-order valence-electron chi connectivity index (χ3n) is 3.10. The van der Waals surface area contributed by atoms with Gasteiger partial charge in [-0.2, -0.15) is 0 Å². The normalized spacial score (nSPS) is 13.5. The van der Waals surface area contributed by atoms with E-state index in [0.29, 0.717) is 5.41 Å². The average molecular weight is 263 g/mol. The zero-order chi connectivity index (χ0) is 14.1. The van der Waals surface area contributed by atoms with Crippen LogP contribution in [0.2, 0.25) is 0 Å². The van der Waals surface area contributed by atoms with Crippen LogP contribution < -0.4 is 5.32 Å². The van der Waals surface area contributed by atoms with E-state index in [1.54, 1.807) is 0 Å². The minimum absolute atomic E-state index is 0.162. The summed E-state index contributed by atoms with van der Waals surface area (Å²) in [6.45, 7) is 11.7. The molecule has 1 atom stereocenters. The van der Waals surface area contributed by atoms with Gasteiger partial charge in [-0.15, -0.1) is 0 Å². The van der Waals surface area contributed by atoms with E-state index in [2.05, 4.69) is 63.3 Å². The largest absolute Gasteiger partial charge is 0.372 e. The molecule has 0 aliphatic heterocycles. The number of rotatable bonds is 8. The summed E-state index contributed by atoms with van der Waals surface area (Å²) in [5.74, 6) is 0. The van der Waals surface area contributed by atoms with Crippen molar-refractivity contribution in [2.24, 2.45) is 5.41 Å². The van der Waals surface area contributed by atoms with Gasteiger partial charge in [0.1, 0.15) is 0 Å². The highest BCUT2D eigenvalue weighted by Crippen LogP contribution is 2.22. The maximum atomic E-state index is 6.09. The minimum Gasteiger partial charge on any atom is -0.372 e. The summed E-state index contributed by atoms with van der Waals surface area (Å²) in [6, 6.07) is 10.5. The molecule has 2 nitrogen and oxygen atoms in total. The predicted molar refractivity (Wildman–Crippen MR) is 82.4 cm³/mol. The lowest BCUT2D eigenvalue weighted by molar-refractivity contribution is 0.0371. The van der Waals surface area contributed by atoms with Crippen LogP contribution in [0.1, 0.15) is 52.2 Å². The first-order valence-electron chi connectivity index (χ1n) is 7.40. The summed E-state index contributed by atoms with van der Waals surface area (Å²) in [4.78, 5) is 0. The van der Waals surface area contributed by atoms with Gasteiger partial charge >= 0.3 is 0 Å². The number of ether oxygens (including phenoxy) is 1. The summed E-state index contributed by atoms with van der Waals surface area (Å²) in [6.07, 6.45) is 2.41. The number of hydrogen-bond donors (Lipinski definition) is 1. The lowest BCUT2D eigenvalue weighted by atomic mass is 9.93. The van der Waals surface area contributed by atoms with Gasteiger partial charge in [0.2, 0.25) is 0 Å². The lowest BCUT2D eigenvalue weighted by Crippen LogP contribution is -2.25. The standard InChI is InChI=1S/C17H29NO/c1-5-12-18-14-16(15-9-7-6-8-10-15)19-13-11-17(2,3)4/h6-10,16,18H,5,11-14H2,1-4H3. The van der Waals surface area contributed by atoms with E-state index in [1.165, 1.54) is 5.56 Å². The summed E-state index contributed by atoms with van der Waals surface area (Å²) in [5.41, 5.74) is 1.60. The van der Waals surface area contributed by atoms with Gasteiger partial charge in [0.05, 0.1) is 6.10 Å². The van der Waals surface area contributed by atoms with Crippen LogP contribution in [-0.2, 0) is 4.74 Å². The second kappa shape index (κ2) is 8.34. The molecular formula is C17H29NO. The van der Waals surface area contributed by atoms with Gasteiger partial charge in [-0.25, -0.2) is 0 Å². The Kier molecular flexibility index (Phi) is 7.11. The fourth-order valence-corrected chi connectivity index (χ4v) is 1.86. The van der Waals surface area contributed by atoms with E-state index in [4.69, 9.17) is 4.74 Å². The van der Waals surface area contributed by atoms with Crippen LogP contribution in [-0.4, -0.2) is 19.7 Å². The van der Waals surface area contributed by atoms with Crippen LogP contribution in [0.15, 0.2) is 30.3 Å². The number of nitrogens with one attached hydrogen (secondary N) is 1. The second-order valence-corrected chi connectivity index (χ2v) is 6.28. The maximum absolute atomic E-state index is 6.09. The van der Waals surface area contributed by atoms with E-state index < -0.39 is 0 Å². The zero-order valence-corrected chi connectivity index (χ0v) is 12.9. The fraction of sp³-hybridized carbons (Fsp3) is 0.647. The summed E-state index contributed by atoms with van der Waals surface area (Å²) >= 11 is 0. The van der Waals surface area contributed by atoms with Crippen LogP contribution in [0.4, 0.5) is 0 Å². The van der Waals surface area contributed by atoms with Crippen molar-refractivity contribution in [3.05, 3.63) is 35.9 Å². The molecular weight excluding hydrogens is 234 g/mol. The van der Waals surface area contributed by atoms with Crippen molar-refractivity contribution < 1.29 is 4.74 Å². The molecule has 2 heteroatoms. The van der Waals surface area contributed by atoms with E-state index >= 15 is 0 Å². The molecule has 1 N–H and O–H groups in total. The van der Waals surface area contributed by atoms with Crippen LogP contribution in [0.3, 0.4) is 0 Å². The smallest absolute Gasteiger partial charge is 0.0949 e. The molecule has 0 aliphatic rings. The van der Waals surface area contributed by atoms with Crippen LogP contribution in [0.25, 0.3) is 0 Å². The Morgan fingerprint density at radius 2 is 1.84 bits per heavy atom. The van der Waals surface area contributed by atoms with Crippen molar-refractivity contribution >= 4 is 0 Å². The third kappa shape index (κ3) is 7.34. The van der Waals surface area contributed by atoms with E-state index in [-0.39, 0.29) is 6.10 Å². The molecule has 1 rings (SSSR count). The van der Waals surface area contributed by atoms with Gasteiger partial charge in [-0.05, 0) is 30.4 Å². The van der Waals surface area contributed by atoms with Gasteiger partial charge in [-0.3, -0.25) is 0 Å². The Labute approximate surface area is 118 Å². The Morgan fingerprint density at radius 1 is 1.16 bits per heavy atom. The Hall–Kier alpha value is -0.860. The molecule has 0 bridgehead atoms. The number of benzene rings is 1. The Bertz CT molecular complexity index is 329. The van der Waals surface area contributed by atoms with Crippen LogP contribution >= 0.6 is 0 Å². The van der Waals surface area contributed by atoms with Crippen molar-refractivity contribution in [2.75, 3.05) is 19.7 Å². The molecule has 0 aromatic heterocycles. The molecule has 19 heavy (non-hydrogen) atoms. The molecule has 0 aliphatic carbocycles. The summed E-state index contributed by atoms with van der Waals surface area (Å²) < 4.78 is 6.09. The van der Waals surface area contributed by atoms with Gasteiger partial charge in [0, 0.05) is 13.2 Å². The maximum Gasteiger partial charge on any atom is 0.0949 e. The van der Waals surface area contributed by atoms with Crippen LogP contribution in [0.5, 0.6) is 0 Å². The fourth-order valence-electron chi connectivity index (χ4n) is 1.86.